The Kier molecular flexibility index (Phi) is 2.93. The van der Waals surface area contributed by atoms with Gasteiger partial charge in [0.2, 0.25) is 4.96 Å². The molecule has 0 atom stereocenters. The number of fused-ring (bicyclic) bond motifs is 1. The van der Waals surface area contributed by atoms with E-state index in [2.05, 4.69) is 32.3 Å². The number of aromatic nitrogens is 4. The molecule has 0 N–H and O–H groups in total. The summed E-state index contributed by atoms with van der Waals surface area (Å²) in [5, 5.41) is 13.8. The smallest absolute Gasteiger partial charge is 0.235 e. The van der Waals surface area contributed by atoms with Gasteiger partial charge in [0.05, 0.1) is 6.26 Å². The molecule has 4 rings (SSSR count). The van der Waals surface area contributed by atoms with Crippen molar-refractivity contribution in [2.24, 2.45) is 0 Å². The highest BCUT2D eigenvalue weighted by Crippen LogP contribution is 2.28. The van der Waals surface area contributed by atoms with E-state index in [1.807, 2.05) is 38.4 Å². The summed E-state index contributed by atoms with van der Waals surface area (Å²) < 4.78 is 7.14. The van der Waals surface area contributed by atoms with Crippen molar-refractivity contribution < 1.29 is 4.42 Å². The monoisotopic (exact) mass is 311 g/mol. The van der Waals surface area contributed by atoms with Crippen LogP contribution in [-0.4, -0.2) is 33.9 Å². The SMILES string of the molecule is CN(C)c1ccc(-c2nnc3sc(-c4ccco4)nn23)cc1. The molecule has 0 fully saturated rings. The molecule has 0 unspecified atom stereocenters. The largest absolute Gasteiger partial charge is 0.462 e. The summed E-state index contributed by atoms with van der Waals surface area (Å²) in [4.78, 5) is 2.80. The number of anilines is 1. The molecule has 7 heteroatoms. The summed E-state index contributed by atoms with van der Waals surface area (Å²) in [5.74, 6) is 1.47. The third-order valence-corrected chi connectivity index (χ3v) is 4.28. The van der Waals surface area contributed by atoms with E-state index in [4.69, 9.17) is 4.42 Å². The molecule has 0 amide bonds. The predicted octanol–water partition coefficient (Wildman–Crippen LogP) is 3.18. The van der Waals surface area contributed by atoms with Gasteiger partial charge in [-0.1, -0.05) is 11.3 Å². The number of benzene rings is 1. The minimum atomic E-state index is 0.731. The lowest BCUT2D eigenvalue weighted by Crippen LogP contribution is -2.08. The molecular formula is C15H13N5OS. The van der Waals surface area contributed by atoms with Crippen LogP contribution >= 0.6 is 11.3 Å². The van der Waals surface area contributed by atoms with Crippen molar-refractivity contribution in [2.75, 3.05) is 19.0 Å². The first-order valence-electron chi connectivity index (χ1n) is 6.76. The summed E-state index contributed by atoms with van der Waals surface area (Å²) in [5.41, 5.74) is 2.12. The lowest BCUT2D eigenvalue weighted by molar-refractivity contribution is 0.580. The Bertz CT molecular complexity index is 905. The van der Waals surface area contributed by atoms with Crippen molar-refractivity contribution in [2.45, 2.75) is 0 Å². The van der Waals surface area contributed by atoms with Crippen LogP contribution in [0.1, 0.15) is 0 Å². The Morgan fingerprint density at radius 1 is 1.09 bits per heavy atom. The van der Waals surface area contributed by atoms with Crippen molar-refractivity contribution in [3.63, 3.8) is 0 Å². The van der Waals surface area contributed by atoms with E-state index in [0.29, 0.717) is 0 Å². The van der Waals surface area contributed by atoms with E-state index in [0.717, 1.165) is 32.8 Å². The predicted molar refractivity (Wildman–Crippen MR) is 86.1 cm³/mol. The van der Waals surface area contributed by atoms with Gasteiger partial charge in [0.15, 0.2) is 16.6 Å². The fraction of sp³-hybridized carbons (Fsp3) is 0.133. The zero-order valence-corrected chi connectivity index (χ0v) is 12.9. The Morgan fingerprint density at radius 3 is 2.59 bits per heavy atom. The summed E-state index contributed by atoms with van der Waals surface area (Å²) >= 11 is 1.45. The summed E-state index contributed by atoms with van der Waals surface area (Å²) in [6.45, 7) is 0. The van der Waals surface area contributed by atoms with Crippen molar-refractivity contribution in [3.05, 3.63) is 42.7 Å². The van der Waals surface area contributed by atoms with E-state index in [1.54, 1.807) is 10.8 Å². The van der Waals surface area contributed by atoms with Gasteiger partial charge in [0.25, 0.3) is 0 Å². The highest BCUT2D eigenvalue weighted by Gasteiger charge is 2.15. The molecule has 1 aromatic carbocycles. The van der Waals surface area contributed by atoms with Crippen LogP contribution < -0.4 is 4.90 Å². The Labute approximate surface area is 130 Å². The van der Waals surface area contributed by atoms with Crippen molar-refractivity contribution >= 4 is 22.0 Å². The van der Waals surface area contributed by atoms with Gasteiger partial charge in [-0.05, 0) is 36.4 Å². The van der Waals surface area contributed by atoms with Gasteiger partial charge < -0.3 is 9.32 Å². The number of hydrogen-bond acceptors (Lipinski definition) is 6. The standard InChI is InChI=1S/C15H13N5OS/c1-19(2)11-7-5-10(6-8-11)13-16-17-15-20(13)18-14(22-15)12-4-3-9-21-12/h3-9H,1-2H3. The summed E-state index contributed by atoms with van der Waals surface area (Å²) in [6.07, 6.45) is 1.64. The molecule has 0 spiro atoms. The fourth-order valence-electron chi connectivity index (χ4n) is 2.21. The number of hydrogen-bond donors (Lipinski definition) is 0. The lowest BCUT2D eigenvalue weighted by Gasteiger charge is -2.11. The molecule has 3 heterocycles. The van der Waals surface area contributed by atoms with E-state index < -0.39 is 0 Å². The second kappa shape index (κ2) is 4.96. The first kappa shape index (κ1) is 13.0. The van der Waals surface area contributed by atoms with Crippen molar-refractivity contribution in [3.8, 4) is 22.2 Å². The summed E-state index contributed by atoms with van der Waals surface area (Å²) in [6, 6.07) is 11.9. The molecule has 0 radical (unpaired) electrons. The maximum Gasteiger partial charge on any atom is 0.235 e. The zero-order chi connectivity index (χ0) is 15.1. The molecule has 22 heavy (non-hydrogen) atoms. The number of rotatable bonds is 3. The van der Waals surface area contributed by atoms with E-state index in [1.165, 1.54) is 11.3 Å². The van der Waals surface area contributed by atoms with Crippen LogP contribution in [-0.2, 0) is 0 Å². The van der Waals surface area contributed by atoms with Crippen LogP contribution in [0.25, 0.3) is 27.1 Å². The van der Waals surface area contributed by atoms with Gasteiger partial charge in [-0.3, -0.25) is 0 Å². The van der Waals surface area contributed by atoms with Crippen LogP contribution in [0.4, 0.5) is 5.69 Å². The molecule has 3 aromatic heterocycles. The average Bonchev–Trinajstić information content (AvgIpc) is 3.23. The normalized spacial score (nSPS) is 11.2. The highest BCUT2D eigenvalue weighted by atomic mass is 32.1. The highest BCUT2D eigenvalue weighted by molar-refractivity contribution is 7.19. The average molecular weight is 311 g/mol. The van der Waals surface area contributed by atoms with Gasteiger partial charge in [-0.15, -0.1) is 15.3 Å². The van der Waals surface area contributed by atoms with E-state index in [9.17, 15) is 0 Å². The Balaban J connectivity index is 1.78. The van der Waals surface area contributed by atoms with Gasteiger partial charge >= 0.3 is 0 Å². The molecule has 0 bridgehead atoms. The van der Waals surface area contributed by atoms with Crippen LogP contribution in [0.15, 0.2) is 47.1 Å². The van der Waals surface area contributed by atoms with Crippen LogP contribution in [0.5, 0.6) is 0 Å². The summed E-state index contributed by atoms with van der Waals surface area (Å²) in [7, 11) is 4.03. The van der Waals surface area contributed by atoms with Crippen LogP contribution in [0.3, 0.4) is 0 Å². The van der Waals surface area contributed by atoms with Crippen molar-refractivity contribution in [1.82, 2.24) is 19.8 Å². The number of furan rings is 1. The molecule has 4 aromatic rings. The van der Waals surface area contributed by atoms with Crippen LogP contribution in [0.2, 0.25) is 0 Å². The van der Waals surface area contributed by atoms with E-state index in [-0.39, 0.29) is 0 Å². The topological polar surface area (TPSA) is 59.5 Å². The third kappa shape index (κ3) is 2.06. The van der Waals surface area contributed by atoms with Gasteiger partial charge in [-0.2, -0.15) is 4.52 Å². The minimum Gasteiger partial charge on any atom is -0.462 e. The molecule has 0 saturated carbocycles. The van der Waals surface area contributed by atoms with Crippen molar-refractivity contribution in [1.29, 1.82) is 0 Å². The van der Waals surface area contributed by atoms with E-state index >= 15 is 0 Å². The zero-order valence-electron chi connectivity index (χ0n) is 12.1. The third-order valence-electron chi connectivity index (χ3n) is 3.36. The molecule has 0 aliphatic carbocycles. The molecule has 0 saturated heterocycles. The maximum atomic E-state index is 5.39. The molecule has 110 valence electrons. The van der Waals surface area contributed by atoms with Crippen LogP contribution in [0, 0.1) is 0 Å². The molecular weight excluding hydrogens is 298 g/mol. The first-order valence-corrected chi connectivity index (χ1v) is 7.58. The Hall–Kier alpha value is -2.67. The van der Waals surface area contributed by atoms with Gasteiger partial charge in [-0.25, -0.2) is 0 Å². The molecule has 0 aliphatic rings. The molecule has 6 nitrogen and oxygen atoms in total. The second-order valence-corrected chi connectivity index (χ2v) is 6.00. The minimum absolute atomic E-state index is 0.731. The first-order chi connectivity index (χ1) is 10.7. The fourth-order valence-corrected chi connectivity index (χ4v) is 3.01. The second-order valence-electron chi connectivity index (χ2n) is 5.04. The molecule has 0 aliphatic heterocycles. The van der Waals surface area contributed by atoms with Gasteiger partial charge in [0.1, 0.15) is 0 Å². The number of nitrogens with zero attached hydrogens (tertiary/aromatic N) is 5. The quantitative estimate of drug-likeness (QED) is 0.581. The maximum absolute atomic E-state index is 5.39. The van der Waals surface area contributed by atoms with Gasteiger partial charge in [0, 0.05) is 25.3 Å². The Morgan fingerprint density at radius 2 is 1.91 bits per heavy atom. The lowest BCUT2D eigenvalue weighted by atomic mass is 10.2.